The highest BCUT2D eigenvalue weighted by molar-refractivity contribution is 5.99. The third kappa shape index (κ3) is 2.38. The van der Waals surface area contributed by atoms with Crippen LogP contribution in [0, 0.1) is 11.3 Å². The molecule has 0 bridgehead atoms. The van der Waals surface area contributed by atoms with E-state index in [-0.39, 0.29) is 17.1 Å². The molecule has 15 heavy (non-hydrogen) atoms. The number of nitrogens with one attached hydrogen (secondary N) is 1. The normalized spacial score (nSPS) is 11.5. The first-order valence-electron chi connectivity index (χ1n) is 4.27. The minimum absolute atomic E-state index is 0.223. The van der Waals surface area contributed by atoms with Crippen LogP contribution >= 0.6 is 0 Å². The number of benzene rings is 1. The van der Waals surface area contributed by atoms with Gasteiger partial charge >= 0.3 is 0 Å². The molecule has 0 aromatic heterocycles. The number of hydrogen-bond donors (Lipinski definition) is 3. The van der Waals surface area contributed by atoms with E-state index in [2.05, 4.69) is 5.32 Å². The second-order valence-corrected chi connectivity index (χ2v) is 3.00. The van der Waals surface area contributed by atoms with Crippen molar-refractivity contribution >= 4 is 5.91 Å². The number of carbonyl (C=O) groups is 1. The second kappa shape index (κ2) is 4.33. The van der Waals surface area contributed by atoms with Gasteiger partial charge in [0.2, 0.25) is 0 Å². The number of rotatable bonds is 2. The van der Waals surface area contributed by atoms with Crippen LogP contribution in [0.4, 0.5) is 0 Å². The molecule has 0 saturated heterocycles. The van der Waals surface area contributed by atoms with Gasteiger partial charge in [0.05, 0.1) is 6.07 Å². The molecule has 1 unspecified atom stereocenters. The number of phenols is 2. The van der Waals surface area contributed by atoms with E-state index in [1.807, 2.05) is 6.07 Å². The van der Waals surface area contributed by atoms with Crippen molar-refractivity contribution in [3.63, 3.8) is 0 Å². The van der Waals surface area contributed by atoms with E-state index in [0.29, 0.717) is 0 Å². The van der Waals surface area contributed by atoms with Crippen LogP contribution in [0.25, 0.3) is 0 Å². The van der Waals surface area contributed by atoms with Gasteiger partial charge in [-0.1, -0.05) is 6.07 Å². The Balaban J connectivity index is 2.97. The monoisotopic (exact) mass is 206 g/mol. The van der Waals surface area contributed by atoms with Gasteiger partial charge in [-0.15, -0.1) is 0 Å². The van der Waals surface area contributed by atoms with Crippen LogP contribution < -0.4 is 5.32 Å². The van der Waals surface area contributed by atoms with Crippen LogP contribution in [-0.4, -0.2) is 22.2 Å². The first kappa shape index (κ1) is 10.9. The predicted molar refractivity (Wildman–Crippen MR) is 52.3 cm³/mol. The number of hydrogen-bond acceptors (Lipinski definition) is 4. The summed E-state index contributed by atoms with van der Waals surface area (Å²) in [5, 5.41) is 29.5. The molecule has 0 aliphatic carbocycles. The minimum Gasteiger partial charge on any atom is -0.507 e. The lowest BCUT2D eigenvalue weighted by Crippen LogP contribution is -2.31. The van der Waals surface area contributed by atoms with Gasteiger partial charge in [-0.05, 0) is 19.1 Å². The van der Waals surface area contributed by atoms with Gasteiger partial charge in [0.25, 0.3) is 5.91 Å². The number of amides is 1. The smallest absolute Gasteiger partial charge is 0.259 e. The van der Waals surface area contributed by atoms with E-state index >= 15 is 0 Å². The first-order chi connectivity index (χ1) is 7.06. The Morgan fingerprint density at radius 3 is 2.47 bits per heavy atom. The molecule has 1 aromatic rings. The fourth-order valence-electron chi connectivity index (χ4n) is 1.06. The molecular weight excluding hydrogens is 196 g/mol. The third-order valence-electron chi connectivity index (χ3n) is 1.79. The number of aromatic hydroxyl groups is 2. The van der Waals surface area contributed by atoms with Crippen molar-refractivity contribution in [2.24, 2.45) is 0 Å². The quantitative estimate of drug-likeness (QED) is 0.665. The zero-order valence-corrected chi connectivity index (χ0v) is 8.06. The topological polar surface area (TPSA) is 93.4 Å². The third-order valence-corrected chi connectivity index (χ3v) is 1.79. The molecule has 1 amide bonds. The summed E-state index contributed by atoms with van der Waals surface area (Å²) in [4.78, 5) is 11.5. The Bertz CT molecular complexity index is 403. The zero-order chi connectivity index (χ0) is 11.4. The van der Waals surface area contributed by atoms with Crippen molar-refractivity contribution < 1.29 is 15.0 Å². The summed E-state index contributed by atoms with van der Waals surface area (Å²) in [6.45, 7) is 1.49. The van der Waals surface area contributed by atoms with Gasteiger partial charge in [-0.2, -0.15) is 5.26 Å². The molecule has 0 radical (unpaired) electrons. The standard InChI is InChI=1S/C10H10N2O3/c1-6(5-11)12-10(15)9-7(13)3-2-4-8(9)14/h2-4,6,13-14H,1H3,(H,12,15). The number of phenolic OH excluding ortho intramolecular Hbond substituents is 2. The first-order valence-corrected chi connectivity index (χ1v) is 4.27. The Morgan fingerprint density at radius 2 is 2.00 bits per heavy atom. The van der Waals surface area contributed by atoms with E-state index in [0.717, 1.165) is 0 Å². The molecule has 1 aromatic carbocycles. The highest BCUT2D eigenvalue weighted by Gasteiger charge is 2.17. The lowest BCUT2D eigenvalue weighted by molar-refractivity contribution is 0.0942. The molecule has 5 nitrogen and oxygen atoms in total. The van der Waals surface area contributed by atoms with Gasteiger partial charge in [0, 0.05) is 0 Å². The maximum Gasteiger partial charge on any atom is 0.259 e. The summed E-state index contributed by atoms with van der Waals surface area (Å²) in [6, 6.07) is 5.10. The average molecular weight is 206 g/mol. The maximum absolute atomic E-state index is 11.5. The van der Waals surface area contributed by atoms with E-state index in [9.17, 15) is 15.0 Å². The molecule has 1 atom stereocenters. The zero-order valence-electron chi connectivity index (χ0n) is 8.06. The summed E-state index contributed by atoms with van der Waals surface area (Å²) in [5.41, 5.74) is -0.223. The number of nitriles is 1. The molecule has 0 aliphatic heterocycles. The Kier molecular flexibility index (Phi) is 3.13. The molecule has 0 aliphatic rings. The fraction of sp³-hybridized carbons (Fsp3) is 0.200. The van der Waals surface area contributed by atoms with Crippen LogP contribution in [0.15, 0.2) is 18.2 Å². The van der Waals surface area contributed by atoms with Crippen molar-refractivity contribution in [1.29, 1.82) is 5.26 Å². The molecule has 1 rings (SSSR count). The van der Waals surface area contributed by atoms with E-state index in [1.54, 1.807) is 0 Å². The molecule has 0 fully saturated rings. The summed E-state index contributed by atoms with van der Waals surface area (Å²) in [5.74, 6) is -1.32. The summed E-state index contributed by atoms with van der Waals surface area (Å²) in [7, 11) is 0. The fourth-order valence-corrected chi connectivity index (χ4v) is 1.06. The predicted octanol–water partition coefficient (Wildman–Crippen LogP) is 0.740. The second-order valence-electron chi connectivity index (χ2n) is 3.00. The molecule has 0 saturated carbocycles. The van der Waals surface area contributed by atoms with Crippen molar-refractivity contribution in [3.8, 4) is 17.6 Å². The van der Waals surface area contributed by atoms with Crippen LogP contribution in [0.3, 0.4) is 0 Å². The Hall–Kier alpha value is -2.22. The summed E-state index contributed by atoms with van der Waals surface area (Å²) in [6.07, 6.45) is 0. The van der Waals surface area contributed by atoms with Crippen molar-refractivity contribution in [3.05, 3.63) is 23.8 Å². The highest BCUT2D eigenvalue weighted by Crippen LogP contribution is 2.25. The average Bonchev–Trinajstić information content (AvgIpc) is 2.17. The van der Waals surface area contributed by atoms with Gasteiger partial charge in [-0.25, -0.2) is 0 Å². The molecule has 0 spiro atoms. The van der Waals surface area contributed by atoms with E-state index in [1.165, 1.54) is 25.1 Å². The number of carbonyl (C=O) groups excluding carboxylic acids is 1. The van der Waals surface area contributed by atoms with Gasteiger partial charge in [0.15, 0.2) is 0 Å². The molecular formula is C10H10N2O3. The SMILES string of the molecule is CC(C#N)NC(=O)c1c(O)cccc1O. The molecule has 5 heteroatoms. The van der Waals surface area contributed by atoms with Crippen molar-refractivity contribution in [1.82, 2.24) is 5.32 Å². The maximum atomic E-state index is 11.5. The van der Waals surface area contributed by atoms with Crippen LogP contribution in [0.2, 0.25) is 0 Å². The highest BCUT2D eigenvalue weighted by atomic mass is 16.3. The Labute approximate surface area is 86.6 Å². The van der Waals surface area contributed by atoms with Crippen molar-refractivity contribution in [2.45, 2.75) is 13.0 Å². The summed E-state index contributed by atoms with van der Waals surface area (Å²) >= 11 is 0. The molecule has 78 valence electrons. The van der Waals surface area contributed by atoms with Crippen LogP contribution in [0.5, 0.6) is 11.5 Å². The lowest BCUT2D eigenvalue weighted by Gasteiger charge is -2.08. The van der Waals surface area contributed by atoms with Gasteiger partial charge in [-0.3, -0.25) is 4.79 Å². The van der Waals surface area contributed by atoms with Gasteiger partial charge < -0.3 is 15.5 Å². The minimum atomic E-state index is -0.684. The van der Waals surface area contributed by atoms with Crippen LogP contribution in [-0.2, 0) is 0 Å². The largest absolute Gasteiger partial charge is 0.507 e. The van der Waals surface area contributed by atoms with Crippen molar-refractivity contribution in [2.75, 3.05) is 0 Å². The lowest BCUT2D eigenvalue weighted by atomic mass is 10.1. The van der Waals surface area contributed by atoms with Crippen LogP contribution in [0.1, 0.15) is 17.3 Å². The summed E-state index contributed by atoms with van der Waals surface area (Å²) < 4.78 is 0. The van der Waals surface area contributed by atoms with Gasteiger partial charge in [0.1, 0.15) is 23.1 Å². The number of nitrogens with zero attached hydrogens (tertiary/aromatic N) is 1. The molecule has 3 N–H and O–H groups in total. The van der Waals surface area contributed by atoms with E-state index < -0.39 is 11.9 Å². The molecule has 0 heterocycles. The van der Waals surface area contributed by atoms with E-state index in [4.69, 9.17) is 5.26 Å². The Morgan fingerprint density at radius 1 is 1.47 bits per heavy atom.